The number of carbonyl (C=O) groups is 2. The van der Waals surface area contributed by atoms with Crippen molar-refractivity contribution in [1.29, 1.82) is 0 Å². The Morgan fingerprint density at radius 3 is 2.68 bits per heavy atom. The maximum atomic E-state index is 13.5. The summed E-state index contributed by atoms with van der Waals surface area (Å²) in [6.45, 7) is 5.94. The van der Waals surface area contributed by atoms with Crippen molar-refractivity contribution in [3.63, 3.8) is 0 Å². The molecule has 1 fully saturated rings. The van der Waals surface area contributed by atoms with E-state index in [1.54, 1.807) is 29.4 Å². The van der Waals surface area contributed by atoms with Crippen LogP contribution in [-0.2, 0) is 22.7 Å². The van der Waals surface area contributed by atoms with Gasteiger partial charge < -0.3 is 19.1 Å². The van der Waals surface area contributed by atoms with Gasteiger partial charge in [0.05, 0.1) is 12.8 Å². The van der Waals surface area contributed by atoms with Crippen molar-refractivity contribution in [3.8, 4) is 11.6 Å². The first kappa shape index (κ1) is 23.7. The molecule has 182 valence electrons. The molecule has 1 unspecified atom stereocenters. The first-order valence-electron chi connectivity index (χ1n) is 11.9. The number of carbonyl (C=O) groups excluding carboxylic acids is 2. The third-order valence-corrected chi connectivity index (χ3v) is 5.99. The van der Waals surface area contributed by atoms with E-state index in [0.29, 0.717) is 23.8 Å². The van der Waals surface area contributed by atoms with Crippen LogP contribution < -0.4 is 5.32 Å². The van der Waals surface area contributed by atoms with Crippen LogP contribution in [0.5, 0.6) is 0 Å². The Balaban J connectivity index is 1.54. The molecule has 0 spiro atoms. The number of aryl methyl sites for hydroxylation is 1. The molecule has 1 atom stereocenters. The summed E-state index contributed by atoms with van der Waals surface area (Å²) >= 11 is 0. The normalized spacial score (nSPS) is 15.1. The zero-order valence-corrected chi connectivity index (χ0v) is 19.9. The second-order valence-electron chi connectivity index (χ2n) is 9.29. The third-order valence-electron chi connectivity index (χ3n) is 5.99. The fourth-order valence-electron chi connectivity index (χ4n) is 4.31. The molecule has 10 nitrogen and oxygen atoms in total. The van der Waals surface area contributed by atoms with Crippen LogP contribution in [0.2, 0.25) is 0 Å². The highest BCUT2D eigenvalue weighted by Crippen LogP contribution is 2.21. The lowest BCUT2D eigenvalue weighted by atomic mass is 10.0. The zero-order chi connectivity index (χ0) is 24.1. The van der Waals surface area contributed by atoms with Crippen molar-refractivity contribution in [2.45, 2.75) is 78.0 Å². The quantitative estimate of drug-likeness (QED) is 0.485. The number of nitrogens with zero attached hydrogens (tertiary/aromatic N) is 5. The van der Waals surface area contributed by atoms with E-state index in [1.807, 2.05) is 26.8 Å². The van der Waals surface area contributed by atoms with Crippen LogP contribution in [-0.4, -0.2) is 49.0 Å². The molecule has 0 bridgehead atoms. The lowest BCUT2D eigenvalue weighted by Gasteiger charge is -2.32. The van der Waals surface area contributed by atoms with Gasteiger partial charge in [0.1, 0.15) is 24.1 Å². The van der Waals surface area contributed by atoms with Crippen LogP contribution in [0.25, 0.3) is 11.6 Å². The maximum absolute atomic E-state index is 13.5. The second-order valence-corrected chi connectivity index (χ2v) is 9.29. The molecule has 3 heterocycles. The van der Waals surface area contributed by atoms with E-state index >= 15 is 0 Å². The van der Waals surface area contributed by atoms with Gasteiger partial charge in [0, 0.05) is 6.04 Å². The van der Waals surface area contributed by atoms with E-state index in [4.69, 9.17) is 8.83 Å². The van der Waals surface area contributed by atoms with E-state index in [-0.39, 0.29) is 36.9 Å². The number of aromatic nitrogens is 4. The van der Waals surface area contributed by atoms with E-state index in [1.165, 1.54) is 4.80 Å². The highest BCUT2D eigenvalue weighted by atomic mass is 16.3. The standard InChI is InChI=1S/C24H32N6O4/c1-16(2)13-20(24(32)25-18-7-4-5-8-18)29(14-19-9-6-12-33-19)22(31)15-30-27-23(26-28-30)21-11-10-17(3)34-21/h6,9-12,16,18,20H,4-5,7-8,13-15H2,1-3H3,(H,25,32). The topological polar surface area (TPSA) is 119 Å². The van der Waals surface area contributed by atoms with Crippen molar-refractivity contribution >= 4 is 11.8 Å². The van der Waals surface area contributed by atoms with Crippen LogP contribution in [0, 0.1) is 12.8 Å². The average molecular weight is 469 g/mol. The Hall–Kier alpha value is -3.43. The fraction of sp³-hybridized carbons (Fsp3) is 0.542. The van der Waals surface area contributed by atoms with Crippen molar-refractivity contribution < 1.29 is 18.4 Å². The molecule has 0 aromatic carbocycles. The monoisotopic (exact) mass is 468 g/mol. The van der Waals surface area contributed by atoms with Crippen molar-refractivity contribution in [2.75, 3.05) is 0 Å². The van der Waals surface area contributed by atoms with E-state index in [9.17, 15) is 9.59 Å². The van der Waals surface area contributed by atoms with Crippen molar-refractivity contribution in [2.24, 2.45) is 5.92 Å². The van der Waals surface area contributed by atoms with Gasteiger partial charge in [-0.25, -0.2) is 0 Å². The van der Waals surface area contributed by atoms with Gasteiger partial charge in [-0.05, 0) is 61.6 Å². The number of hydrogen-bond acceptors (Lipinski definition) is 7. The van der Waals surface area contributed by atoms with Gasteiger partial charge in [-0.2, -0.15) is 4.80 Å². The molecule has 1 saturated carbocycles. The third kappa shape index (κ3) is 5.92. The highest BCUT2D eigenvalue weighted by Gasteiger charge is 2.33. The summed E-state index contributed by atoms with van der Waals surface area (Å²) in [5.41, 5.74) is 0. The molecule has 34 heavy (non-hydrogen) atoms. The Bertz CT molecular complexity index is 1080. The molecule has 1 N–H and O–H groups in total. The van der Waals surface area contributed by atoms with Crippen molar-refractivity contribution in [3.05, 3.63) is 42.0 Å². The molecule has 0 aliphatic heterocycles. The van der Waals surface area contributed by atoms with Crippen LogP contribution in [0.1, 0.15) is 57.5 Å². The molecule has 1 aliphatic carbocycles. The molecule has 10 heteroatoms. The smallest absolute Gasteiger partial charge is 0.247 e. The first-order chi connectivity index (χ1) is 16.4. The largest absolute Gasteiger partial charge is 0.467 e. The van der Waals surface area contributed by atoms with Gasteiger partial charge in [0.15, 0.2) is 5.76 Å². The zero-order valence-electron chi connectivity index (χ0n) is 19.9. The van der Waals surface area contributed by atoms with Crippen LogP contribution >= 0.6 is 0 Å². The molecule has 3 aromatic heterocycles. The van der Waals surface area contributed by atoms with Gasteiger partial charge in [0.25, 0.3) is 0 Å². The van der Waals surface area contributed by atoms with E-state index < -0.39 is 6.04 Å². The molecule has 0 radical (unpaired) electrons. The fourth-order valence-corrected chi connectivity index (χ4v) is 4.31. The summed E-state index contributed by atoms with van der Waals surface area (Å²) in [7, 11) is 0. The number of tetrazole rings is 1. The Kier molecular flexibility index (Phi) is 7.44. The van der Waals surface area contributed by atoms with Gasteiger partial charge in [-0.3, -0.25) is 9.59 Å². The number of hydrogen-bond donors (Lipinski definition) is 1. The Morgan fingerprint density at radius 2 is 2.03 bits per heavy atom. The molecule has 1 aliphatic rings. The number of amides is 2. The molecule has 3 aromatic rings. The summed E-state index contributed by atoms with van der Waals surface area (Å²) < 4.78 is 11.1. The van der Waals surface area contributed by atoms with Crippen LogP contribution in [0.3, 0.4) is 0 Å². The second kappa shape index (κ2) is 10.7. The van der Waals surface area contributed by atoms with E-state index in [2.05, 4.69) is 20.7 Å². The Morgan fingerprint density at radius 1 is 1.24 bits per heavy atom. The minimum absolute atomic E-state index is 0.126. The Labute approximate surface area is 198 Å². The molecule has 4 rings (SSSR count). The van der Waals surface area contributed by atoms with E-state index in [0.717, 1.165) is 31.4 Å². The average Bonchev–Trinajstić information content (AvgIpc) is 3.58. The summed E-state index contributed by atoms with van der Waals surface area (Å²) in [6, 6.07) is 6.67. The van der Waals surface area contributed by atoms with Crippen molar-refractivity contribution in [1.82, 2.24) is 30.4 Å². The molecular formula is C24H32N6O4. The maximum Gasteiger partial charge on any atom is 0.247 e. The van der Waals surface area contributed by atoms with Gasteiger partial charge in [-0.15, -0.1) is 10.2 Å². The summed E-state index contributed by atoms with van der Waals surface area (Å²) in [5.74, 6) is 1.92. The van der Waals surface area contributed by atoms with Gasteiger partial charge in [-0.1, -0.05) is 26.7 Å². The lowest BCUT2D eigenvalue weighted by Crippen LogP contribution is -2.52. The van der Waals surface area contributed by atoms with Gasteiger partial charge in [0.2, 0.25) is 17.6 Å². The molecule has 2 amide bonds. The van der Waals surface area contributed by atoms with Crippen LogP contribution in [0.15, 0.2) is 39.4 Å². The highest BCUT2D eigenvalue weighted by molar-refractivity contribution is 5.87. The minimum atomic E-state index is -0.631. The molecular weight excluding hydrogens is 436 g/mol. The predicted molar refractivity (Wildman–Crippen MR) is 123 cm³/mol. The lowest BCUT2D eigenvalue weighted by molar-refractivity contribution is -0.143. The summed E-state index contributed by atoms with van der Waals surface area (Å²) in [6.07, 6.45) is 6.28. The van der Waals surface area contributed by atoms with Gasteiger partial charge >= 0.3 is 0 Å². The number of nitrogens with one attached hydrogen (secondary N) is 1. The minimum Gasteiger partial charge on any atom is -0.467 e. The van der Waals surface area contributed by atoms with Crippen LogP contribution in [0.4, 0.5) is 0 Å². The predicted octanol–water partition coefficient (Wildman–Crippen LogP) is 3.34. The SMILES string of the molecule is Cc1ccc(-c2nnn(CC(=O)N(Cc3ccco3)C(CC(C)C)C(=O)NC3CCCC3)n2)o1. The number of rotatable bonds is 10. The summed E-state index contributed by atoms with van der Waals surface area (Å²) in [4.78, 5) is 29.7. The number of furan rings is 2. The summed E-state index contributed by atoms with van der Waals surface area (Å²) in [5, 5.41) is 15.5. The molecule has 0 saturated heterocycles. The first-order valence-corrected chi connectivity index (χ1v) is 11.9.